The number of benzene rings is 1. The normalized spacial score (nSPS) is 14.5. The molecular weight excluding hydrogens is 272 g/mol. The smallest absolute Gasteiger partial charge is 0.239 e. The van der Waals surface area contributed by atoms with E-state index in [1.165, 1.54) is 0 Å². The van der Waals surface area contributed by atoms with Crippen LogP contribution in [0.1, 0.15) is 13.3 Å². The summed E-state index contributed by atoms with van der Waals surface area (Å²) in [6.45, 7) is 3.93. The zero-order valence-electron chi connectivity index (χ0n) is 12.1. The zero-order valence-corrected chi connectivity index (χ0v) is 12.1. The van der Waals surface area contributed by atoms with E-state index < -0.39 is 0 Å². The monoisotopic (exact) mass is 292 g/mol. The number of amides is 2. The van der Waals surface area contributed by atoms with E-state index in [0.717, 1.165) is 0 Å². The van der Waals surface area contributed by atoms with E-state index in [0.29, 0.717) is 31.2 Å². The highest BCUT2D eigenvalue weighted by atomic mass is 16.5. The maximum Gasteiger partial charge on any atom is 0.239 e. The Morgan fingerprint density at radius 2 is 2.00 bits per heavy atom. The van der Waals surface area contributed by atoms with E-state index in [1.54, 1.807) is 4.90 Å². The Labute approximate surface area is 124 Å². The van der Waals surface area contributed by atoms with Crippen LogP contribution in [0.4, 0.5) is 0 Å². The van der Waals surface area contributed by atoms with Crippen molar-refractivity contribution >= 4 is 11.8 Å². The topological polar surface area (TPSA) is 67.9 Å². The number of hydrogen-bond donors (Lipinski definition) is 1. The van der Waals surface area contributed by atoms with Gasteiger partial charge in [-0.3, -0.25) is 9.59 Å². The minimum Gasteiger partial charge on any atom is -0.490 e. The molecule has 1 aromatic rings. The summed E-state index contributed by atoms with van der Waals surface area (Å²) in [5.74, 6) is 1.12. The van der Waals surface area contributed by atoms with Crippen LogP contribution < -0.4 is 14.8 Å². The van der Waals surface area contributed by atoms with Gasteiger partial charge in [-0.25, -0.2) is 0 Å². The molecule has 0 radical (unpaired) electrons. The number of hydrogen-bond acceptors (Lipinski definition) is 4. The minimum absolute atomic E-state index is 0.0706. The molecule has 1 aliphatic heterocycles. The van der Waals surface area contributed by atoms with Crippen LogP contribution in [0.2, 0.25) is 0 Å². The number of nitrogens with zero attached hydrogens (tertiary/aromatic N) is 1. The summed E-state index contributed by atoms with van der Waals surface area (Å²) in [4.78, 5) is 24.8. The minimum atomic E-state index is -0.114. The standard InChI is InChI=1S/C15H20N2O4/c1-2-20-12-5-3-4-6-13(12)21-10-7-15(19)17-9-8-16-14(18)11-17/h3-6H,2,7-11H2,1H3,(H,16,18). The molecule has 0 bridgehead atoms. The van der Waals surface area contributed by atoms with Gasteiger partial charge >= 0.3 is 0 Å². The third kappa shape index (κ3) is 4.37. The maximum atomic E-state index is 12.0. The Bertz CT molecular complexity index is 504. The van der Waals surface area contributed by atoms with Crippen molar-refractivity contribution in [3.05, 3.63) is 24.3 Å². The van der Waals surface area contributed by atoms with Crippen molar-refractivity contribution in [2.24, 2.45) is 0 Å². The summed E-state index contributed by atoms with van der Waals surface area (Å²) < 4.78 is 11.1. The van der Waals surface area contributed by atoms with Crippen LogP contribution in [0.25, 0.3) is 0 Å². The molecule has 0 saturated carbocycles. The van der Waals surface area contributed by atoms with Gasteiger partial charge in [-0.15, -0.1) is 0 Å². The lowest BCUT2D eigenvalue weighted by molar-refractivity contribution is -0.138. The average Bonchev–Trinajstić information content (AvgIpc) is 2.49. The zero-order chi connectivity index (χ0) is 15.1. The van der Waals surface area contributed by atoms with E-state index in [2.05, 4.69) is 5.32 Å². The van der Waals surface area contributed by atoms with Crippen LogP contribution in [0.5, 0.6) is 11.5 Å². The molecule has 0 aliphatic carbocycles. The molecule has 0 atom stereocenters. The first-order valence-corrected chi connectivity index (χ1v) is 7.10. The van der Waals surface area contributed by atoms with Crippen molar-refractivity contribution in [1.82, 2.24) is 10.2 Å². The summed E-state index contributed by atoms with van der Waals surface area (Å²) in [7, 11) is 0. The average molecular weight is 292 g/mol. The SMILES string of the molecule is CCOc1ccccc1OCCC(=O)N1CCNC(=O)C1. The molecule has 0 aromatic heterocycles. The van der Waals surface area contributed by atoms with Gasteiger partial charge in [0.05, 0.1) is 26.2 Å². The van der Waals surface area contributed by atoms with Gasteiger partial charge in [-0.2, -0.15) is 0 Å². The van der Waals surface area contributed by atoms with Crippen LogP contribution in [0, 0.1) is 0 Å². The molecule has 1 heterocycles. The van der Waals surface area contributed by atoms with Gasteiger partial charge in [0.25, 0.3) is 0 Å². The number of carbonyl (C=O) groups is 2. The van der Waals surface area contributed by atoms with Crippen molar-refractivity contribution < 1.29 is 19.1 Å². The van der Waals surface area contributed by atoms with Crippen molar-refractivity contribution in [3.8, 4) is 11.5 Å². The van der Waals surface area contributed by atoms with Crippen LogP contribution >= 0.6 is 0 Å². The summed E-state index contributed by atoms with van der Waals surface area (Å²) in [5, 5.41) is 2.69. The number of para-hydroxylation sites is 2. The highest BCUT2D eigenvalue weighted by Crippen LogP contribution is 2.26. The van der Waals surface area contributed by atoms with Gasteiger partial charge in [0.15, 0.2) is 11.5 Å². The van der Waals surface area contributed by atoms with E-state index in [-0.39, 0.29) is 31.4 Å². The molecule has 6 nitrogen and oxygen atoms in total. The molecule has 6 heteroatoms. The Morgan fingerprint density at radius 3 is 2.67 bits per heavy atom. The predicted molar refractivity (Wildman–Crippen MR) is 77.3 cm³/mol. The lowest BCUT2D eigenvalue weighted by atomic mass is 10.3. The van der Waals surface area contributed by atoms with Crippen molar-refractivity contribution in [2.75, 3.05) is 32.8 Å². The Kier molecular flexibility index (Phi) is 5.43. The molecule has 1 aliphatic rings. The Morgan fingerprint density at radius 1 is 1.29 bits per heavy atom. The lowest BCUT2D eigenvalue weighted by Gasteiger charge is -2.26. The highest BCUT2D eigenvalue weighted by molar-refractivity contribution is 5.85. The number of rotatable bonds is 6. The molecule has 2 rings (SSSR count). The third-order valence-electron chi connectivity index (χ3n) is 3.11. The number of carbonyl (C=O) groups excluding carboxylic acids is 2. The Hall–Kier alpha value is -2.24. The van der Waals surface area contributed by atoms with Gasteiger partial charge in [0.2, 0.25) is 11.8 Å². The molecule has 21 heavy (non-hydrogen) atoms. The summed E-state index contributed by atoms with van der Waals surface area (Å²) >= 11 is 0. The van der Waals surface area contributed by atoms with Gasteiger partial charge in [-0.1, -0.05) is 12.1 Å². The molecule has 0 spiro atoms. The summed E-state index contributed by atoms with van der Waals surface area (Å²) in [5.41, 5.74) is 0. The van der Waals surface area contributed by atoms with Crippen LogP contribution in [-0.4, -0.2) is 49.6 Å². The number of nitrogens with one attached hydrogen (secondary N) is 1. The molecule has 2 amide bonds. The number of ether oxygens (including phenoxy) is 2. The molecule has 1 saturated heterocycles. The second-order valence-electron chi connectivity index (χ2n) is 4.64. The first kappa shape index (κ1) is 15.2. The quantitative estimate of drug-likeness (QED) is 0.842. The second-order valence-corrected chi connectivity index (χ2v) is 4.64. The fourth-order valence-corrected chi connectivity index (χ4v) is 2.10. The second kappa shape index (κ2) is 7.52. The van der Waals surface area contributed by atoms with Crippen LogP contribution in [0.15, 0.2) is 24.3 Å². The lowest BCUT2D eigenvalue weighted by Crippen LogP contribution is -2.50. The van der Waals surface area contributed by atoms with E-state index in [4.69, 9.17) is 9.47 Å². The highest BCUT2D eigenvalue weighted by Gasteiger charge is 2.20. The largest absolute Gasteiger partial charge is 0.490 e. The molecular formula is C15H20N2O4. The van der Waals surface area contributed by atoms with E-state index >= 15 is 0 Å². The molecule has 1 fully saturated rings. The van der Waals surface area contributed by atoms with Crippen LogP contribution in [0.3, 0.4) is 0 Å². The fourth-order valence-electron chi connectivity index (χ4n) is 2.10. The molecule has 1 aromatic carbocycles. The van der Waals surface area contributed by atoms with Gasteiger partial charge in [0.1, 0.15) is 0 Å². The summed E-state index contributed by atoms with van der Waals surface area (Å²) in [6, 6.07) is 7.36. The first-order chi connectivity index (χ1) is 10.2. The predicted octanol–water partition coefficient (Wildman–Crippen LogP) is 0.813. The molecule has 1 N–H and O–H groups in total. The van der Waals surface area contributed by atoms with Crippen molar-refractivity contribution in [2.45, 2.75) is 13.3 Å². The Balaban J connectivity index is 1.81. The molecule has 0 unspecified atom stereocenters. The van der Waals surface area contributed by atoms with Gasteiger partial charge in [-0.05, 0) is 19.1 Å². The first-order valence-electron chi connectivity index (χ1n) is 7.10. The van der Waals surface area contributed by atoms with Crippen molar-refractivity contribution in [3.63, 3.8) is 0 Å². The fraction of sp³-hybridized carbons (Fsp3) is 0.467. The van der Waals surface area contributed by atoms with Crippen molar-refractivity contribution in [1.29, 1.82) is 0 Å². The number of piperazine rings is 1. The van der Waals surface area contributed by atoms with Gasteiger partial charge in [0, 0.05) is 13.1 Å². The maximum absolute atomic E-state index is 12.0. The summed E-state index contributed by atoms with van der Waals surface area (Å²) in [6.07, 6.45) is 0.244. The van der Waals surface area contributed by atoms with Gasteiger partial charge < -0.3 is 19.7 Å². The van der Waals surface area contributed by atoms with Crippen LogP contribution in [-0.2, 0) is 9.59 Å². The van der Waals surface area contributed by atoms with E-state index in [9.17, 15) is 9.59 Å². The van der Waals surface area contributed by atoms with E-state index in [1.807, 2.05) is 31.2 Å². The third-order valence-corrected chi connectivity index (χ3v) is 3.11. The molecule has 114 valence electrons.